The Balaban J connectivity index is 1.65. The second-order valence-electron chi connectivity index (χ2n) is 5.79. The molecule has 1 aliphatic carbocycles. The van der Waals surface area contributed by atoms with E-state index in [9.17, 15) is 0 Å². The molecular formula is C18H19NS. The van der Waals surface area contributed by atoms with Gasteiger partial charge in [-0.05, 0) is 54.7 Å². The van der Waals surface area contributed by atoms with Crippen LogP contribution in [0.2, 0.25) is 0 Å². The van der Waals surface area contributed by atoms with Gasteiger partial charge in [0.05, 0.1) is 6.04 Å². The number of hydrogen-bond donors (Lipinski definition) is 1. The first-order chi connectivity index (χ1) is 9.86. The van der Waals surface area contributed by atoms with Crippen LogP contribution < -0.4 is 5.32 Å². The second-order valence-corrected chi connectivity index (χ2v) is 6.74. The highest BCUT2D eigenvalue weighted by Gasteiger charge is 2.34. The van der Waals surface area contributed by atoms with Gasteiger partial charge in [0.25, 0.3) is 0 Å². The van der Waals surface area contributed by atoms with Crippen LogP contribution in [0.4, 0.5) is 0 Å². The van der Waals surface area contributed by atoms with Crippen LogP contribution in [0.3, 0.4) is 0 Å². The lowest BCUT2D eigenvalue weighted by atomic mass is 9.80. The summed E-state index contributed by atoms with van der Waals surface area (Å²) in [6, 6.07) is 11.7. The molecule has 2 heterocycles. The molecule has 1 aromatic carbocycles. The summed E-state index contributed by atoms with van der Waals surface area (Å²) in [5.74, 6) is 0.722. The van der Waals surface area contributed by atoms with Crippen molar-refractivity contribution in [1.29, 1.82) is 0 Å². The quantitative estimate of drug-likeness (QED) is 0.808. The third-order valence-corrected chi connectivity index (χ3v) is 5.72. The summed E-state index contributed by atoms with van der Waals surface area (Å²) < 4.78 is 0. The Labute approximate surface area is 124 Å². The van der Waals surface area contributed by atoms with E-state index in [1.165, 1.54) is 30.5 Å². The highest BCUT2D eigenvalue weighted by Crippen LogP contribution is 2.44. The van der Waals surface area contributed by atoms with E-state index in [0.717, 1.165) is 5.92 Å². The van der Waals surface area contributed by atoms with E-state index in [-0.39, 0.29) is 0 Å². The maximum absolute atomic E-state index is 3.76. The molecule has 1 N–H and O–H groups in total. The zero-order valence-corrected chi connectivity index (χ0v) is 12.5. The monoisotopic (exact) mass is 281 g/mol. The van der Waals surface area contributed by atoms with Crippen LogP contribution in [0.1, 0.15) is 41.0 Å². The molecule has 102 valence electrons. The molecule has 20 heavy (non-hydrogen) atoms. The molecule has 4 rings (SSSR count). The third kappa shape index (κ3) is 1.82. The van der Waals surface area contributed by atoms with Crippen LogP contribution in [0.5, 0.6) is 0 Å². The Bertz CT molecular complexity index is 668. The molecule has 1 aliphatic heterocycles. The SMILES string of the molecule is C/C=C1\N[C@H]([C@@H]2CCc3ccccc3C2)c2sccc21. The molecule has 2 heteroatoms. The molecule has 0 fully saturated rings. The van der Waals surface area contributed by atoms with Crippen LogP contribution in [0.25, 0.3) is 5.70 Å². The summed E-state index contributed by atoms with van der Waals surface area (Å²) in [7, 11) is 0. The Kier molecular flexibility index (Phi) is 2.92. The van der Waals surface area contributed by atoms with Crippen molar-refractivity contribution in [1.82, 2.24) is 5.32 Å². The predicted molar refractivity (Wildman–Crippen MR) is 85.8 cm³/mol. The molecule has 2 atom stereocenters. The minimum atomic E-state index is 0.518. The van der Waals surface area contributed by atoms with Crippen molar-refractivity contribution in [3.8, 4) is 0 Å². The van der Waals surface area contributed by atoms with Crippen LogP contribution in [-0.2, 0) is 12.8 Å². The third-order valence-electron chi connectivity index (χ3n) is 4.72. The van der Waals surface area contributed by atoms with Crippen LogP contribution in [0, 0.1) is 5.92 Å². The van der Waals surface area contributed by atoms with E-state index >= 15 is 0 Å². The Morgan fingerprint density at radius 1 is 1.20 bits per heavy atom. The molecule has 2 aromatic rings. The summed E-state index contributed by atoms with van der Waals surface area (Å²) >= 11 is 1.91. The van der Waals surface area contributed by atoms with Gasteiger partial charge >= 0.3 is 0 Å². The molecule has 1 aromatic heterocycles. The van der Waals surface area contributed by atoms with Crippen molar-refractivity contribution in [3.05, 3.63) is 63.4 Å². The lowest BCUT2D eigenvalue weighted by molar-refractivity contribution is 0.366. The maximum atomic E-state index is 3.76. The minimum absolute atomic E-state index is 0.518. The fourth-order valence-corrected chi connectivity index (χ4v) is 4.73. The number of nitrogens with one attached hydrogen (secondary N) is 1. The maximum Gasteiger partial charge on any atom is 0.0644 e. The molecule has 0 amide bonds. The standard InChI is InChI=1S/C18H19NS/c1-2-16-15-9-10-20-18(15)17(19-16)14-8-7-12-5-3-4-6-13(12)11-14/h2-6,9-10,14,17,19H,7-8,11H2,1H3/b16-2-/t14-,17-/m1/s1. The van der Waals surface area contributed by atoms with Crippen molar-refractivity contribution in [2.24, 2.45) is 5.92 Å². The number of fused-ring (bicyclic) bond motifs is 2. The lowest BCUT2D eigenvalue weighted by Gasteiger charge is -2.29. The van der Waals surface area contributed by atoms with Gasteiger partial charge in [-0.25, -0.2) is 0 Å². The van der Waals surface area contributed by atoms with E-state index in [1.54, 1.807) is 16.0 Å². The number of benzene rings is 1. The van der Waals surface area contributed by atoms with E-state index in [4.69, 9.17) is 0 Å². The number of hydrogen-bond acceptors (Lipinski definition) is 2. The van der Waals surface area contributed by atoms with E-state index in [2.05, 4.69) is 54.0 Å². The summed E-state index contributed by atoms with van der Waals surface area (Å²) in [5, 5.41) is 5.99. The summed E-state index contributed by atoms with van der Waals surface area (Å²) in [6.45, 7) is 2.13. The summed E-state index contributed by atoms with van der Waals surface area (Å²) in [4.78, 5) is 1.54. The van der Waals surface area contributed by atoms with Gasteiger partial charge in [-0.15, -0.1) is 11.3 Å². The molecule has 2 aliphatic rings. The Morgan fingerprint density at radius 2 is 2.05 bits per heavy atom. The van der Waals surface area contributed by atoms with Gasteiger partial charge in [-0.1, -0.05) is 30.3 Å². The molecular weight excluding hydrogens is 262 g/mol. The van der Waals surface area contributed by atoms with Crippen LogP contribution >= 0.6 is 11.3 Å². The van der Waals surface area contributed by atoms with Crippen molar-refractivity contribution in [3.63, 3.8) is 0 Å². The first-order valence-electron chi connectivity index (χ1n) is 7.44. The number of allylic oxidation sites excluding steroid dienone is 1. The van der Waals surface area contributed by atoms with E-state index in [1.807, 2.05) is 11.3 Å². The van der Waals surface area contributed by atoms with Crippen LogP contribution in [-0.4, -0.2) is 0 Å². The van der Waals surface area contributed by atoms with Gasteiger partial charge in [-0.3, -0.25) is 0 Å². The Morgan fingerprint density at radius 3 is 2.90 bits per heavy atom. The summed E-state index contributed by atoms with van der Waals surface area (Å²) in [6.07, 6.45) is 5.94. The second kappa shape index (κ2) is 4.78. The van der Waals surface area contributed by atoms with Crippen LogP contribution in [0.15, 0.2) is 41.8 Å². The molecule has 1 nitrogen and oxygen atoms in total. The zero-order chi connectivity index (χ0) is 13.5. The van der Waals surface area contributed by atoms with Gasteiger partial charge in [0, 0.05) is 16.1 Å². The molecule has 0 saturated heterocycles. The van der Waals surface area contributed by atoms with Crippen molar-refractivity contribution in [2.75, 3.05) is 0 Å². The van der Waals surface area contributed by atoms with Crippen molar-refractivity contribution >= 4 is 17.0 Å². The highest BCUT2D eigenvalue weighted by atomic mass is 32.1. The molecule has 0 spiro atoms. The van der Waals surface area contributed by atoms with Crippen molar-refractivity contribution in [2.45, 2.75) is 32.2 Å². The summed E-state index contributed by atoms with van der Waals surface area (Å²) in [5.41, 5.74) is 5.86. The predicted octanol–water partition coefficient (Wildman–Crippen LogP) is 4.56. The largest absolute Gasteiger partial charge is 0.377 e. The fraction of sp³-hybridized carbons (Fsp3) is 0.333. The van der Waals surface area contributed by atoms with Crippen molar-refractivity contribution < 1.29 is 0 Å². The van der Waals surface area contributed by atoms with Gasteiger partial charge in [-0.2, -0.15) is 0 Å². The van der Waals surface area contributed by atoms with Gasteiger partial charge in [0.1, 0.15) is 0 Å². The van der Waals surface area contributed by atoms with E-state index < -0.39 is 0 Å². The fourth-order valence-electron chi connectivity index (χ4n) is 3.68. The normalized spacial score (nSPS) is 26.1. The van der Waals surface area contributed by atoms with E-state index in [0.29, 0.717) is 6.04 Å². The molecule has 0 saturated carbocycles. The molecule has 0 unspecified atom stereocenters. The average molecular weight is 281 g/mol. The van der Waals surface area contributed by atoms with Gasteiger partial charge in [0.2, 0.25) is 0 Å². The zero-order valence-electron chi connectivity index (χ0n) is 11.7. The highest BCUT2D eigenvalue weighted by molar-refractivity contribution is 7.10. The Hall–Kier alpha value is -1.54. The number of thiophene rings is 1. The minimum Gasteiger partial charge on any atom is -0.377 e. The lowest BCUT2D eigenvalue weighted by Crippen LogP contribution is -2.26. The first kappa shape index (κ1) is 12.2. The van der Waals surface area contributed by atoms with Gasteiger partial charge in [0.15, 0.2) is 0 Å². The van der Waals surface area contributed by atoms with Gasteiger partial charge < -0.3 is 5.32 Å². The number of aryl methyl sites for hydroxylation is 1. The molecule has 0 bridgehead atoms. The number of rotatable bonds is 1. The smallest absolute Gasteiger partial charge is 0.0644 e. The molecule has 0 radical (unpaired) electrons. The topological polar surface area (TPSA) is 12.0 Å². The average Bonchev–Trinajstić information content (AvgIpc) is 3.08. The first-order valence-corrected chi connectivity index (χ1v) is 8.32.